The molecule has 1 aromatic rings. The Labute approximate surface area is 78.9 Å². The first-order valence-electron chi connectivity index (χ1n) is 3.42. The monoisotopic (exact) mass is 224 g/mol. The zero-order valence-corrected chi connectivity index (χ0v) is 7.54. The first kappa shape index (κ1) is 10.9. The molecule has 4 nitrogen and oxygen atoms in total. The van der Waals surface area contributed by atoms with E-state index < -0.39 is 21.6 Å². The second-order valence-corrected chi connectivity index (χ2v) is 3.75. The molecule has 78 valence electrons. The average molecular weight is 224 g/mol. The highest BCUT2D eigenvalue weighted by atomic mass is 32.2. The van der Waals surface area contributed by atoms with E-state index in [1.54, 1.807) is 0 Å². The zero-order valence-electron chi connectivity index (χ0n) is 6.72. The lowest BCUT2D eigenvalue weighted by Crippen LogP contribution is -2.03. The maximum atomic E-state index is 11.7. The van der Waals surface area contributed by atoms with Crippen molar-refractivity contribution in [3.8, 4) is 5.75 Å². The Hall–Kier alpha value is -1.21. The molecule has 1 aromatic carbocycles. The fourth-order valence-electron chi connectivity index (χ4n) is 0.811. The summed E-state index contributed by atoms with van der Waals surface area (Å²) in [5.41, 5.74) is 0. The van der Waals surface area contributed by atoms with Gasteiger partial charge in [0.25, 0.3) is 10.1 Å². The molecular weight excluding hydrogens is 218 g/mol. The van der Waals surface area contributed by atoms with E-state index in [0.717, 1.165) is 18.2 Å². The summed E-state index contributed by atoms with van der Waals surface area (Å²) >= 11 is 0. The van der Waals surface area contributed by atoms with Crippen LogP contribution in [0.5, 0.6) is 5.75 Å². The Kier molecular flexibility index (Phi) is 3.02. The fraction of sp³-hybridized carbons (Fsp3) is 0.143. The van der Waals surface area contributed by atoms with Gasteiger partial charge in [-0.2, -0.15) is 17.2 Å². The molecule has 14 heavy (non-hydrogen) atoms. The van der Waals surface area contributed by atoms with Crippen molar-refractivity contribution < 1.29 is 26.5 Å². The molecule has 0 heterocycles. The molecule has 0 unspecified atom stereocenters. The molecule has 0 spiro atoms. The summed E-state index contributed by atoms with van der Waals surface area (Å²) in [6, 6.07) is 4.21. The summed E-state index contributed by atoms with van der Waals surface area (Å²) < 4.78 is 57.1. The SMILES string of the molecule is O=S(=O)(O)c1cccc(OC(F)F)c1. The number of rotatable bonds is 3. The van der Waals surface area contributed by atoms with Crippen LogP contribution in [0.3, 0.4) is 0 Å². The summed E-state index contributed by atoms with van der Waals surface area (Å²) in [4.78, 5) is -0.490. The molecule has 0 aromatic heterocycles. The minimum absolute atomic E-state index is 0.324. The van der Waals surface area contributed by atoms with Crippen molar-refractivity contribution in [3.05, 3.63) is 24.3 Å². The molecule has 0 bridgehead atoms. The Balaban J connectivity index is 3.02. The van der Waals surface area contributed by atoms with E-state index in [4.69, 9.17) is 4.55 Å². The Morgan fingerprint density at radius 2 is 2.00 bits per heavy atom. The molecule has 1 N–H and O–H groups in total. The first-order valence-corrected chi connectivity index (χ1v) is 4.86. The minimum atomic E-state index is -4.39. The molecule has 0 saturated carbocycles. The van der Waals surface area contributed by atoms with Gasteiger partial charge < -0.3 is 4.74 Å². The molecule has 0 atom stereocenters. The second-order valence-electron chi connectivity index (χ2n) is 2.33. The van der Waals surface area contributed by atoms with Crippen LogP contribution in [0.2, 0.25) is 0 Å². The van der Waals surface area contributed by atoms with Crippen molar-refractivity contribution in [3.63, 3.8) is 0 Å². The number of alkyl halides is 2. The number of hydrogen-bond donors (Lipinski definition) is 1. The molecule has 0 saturated heterocycles. The third-order valence-corrected chi connectivity index (χ3v) is 2.18. The Bertz CT molecular complexity index is 415. The first-order chi connectivity index (χ1) is 6.39. The van der Waals surface area contributed by atoms with Crippen molar-refractivity contribution >= 4 is 10.1 Å². The Morgan fingerprint density at radius 1 is 1.36 bits per heavy atom. The lowest BCUT2D eigenvalue weighted by molar-refractivity contribution is -0.0500. The van der Waals surface area contributed by atoms with Crippen LogP contribution in [-0.4, -0.2) is 19.6 Å². The Morgan fingerprint density at radius 3 is 2.50 bits per heavy atom. The van der Waals surface area contributed by atoms with Crippen molar-refractivity contribution in [2.45, 2.75) is 11.5 Å². The van der Waals surface area contributed by atoms with E-state index in [0.29, 0.717) is 0 Å². The van der Waals surface area contributed by atoms with E-state index in [-0.39, 0.29) is 5.75 Å². The van der Waals surface area contributed by atoms with E-state index in [2.05, 4.69) is 4.74 Å². The van der Waals surface area contributed by atoms with E-state index >= 15 is 0 Å². The summed E-state index contributed by atoms with van der Waals surface area (Å²) in [6.45, 7) is -3.04. The van der Waals surface area contributed by atoms with Crippen LogP contribution in [0.25, 0.3) is 0 Å². The maximum absolute atomic E-state index is 11.7. The van der Waals surface area contributed by atoms with Gasteiger partial charge in [0.2, 0.25) is 0 Å². The van der Waals surface area contributed by atoms with Crippen molar-refractivity contribution in [2.24, 2.45) is 0 Å². The molecule has 0 aliphatic rings. The van der Waals surface area contributed by atoms with Crippen LogP contribution in [0, 0.1) is 0 Å². The van der Waals surface area contributed by atoms with Crippen LogP contribution >= 0.6 is 0 Å². The van der Waals surface area contributed by atoms with Gasteiger partial charge in [0.15, 0.2) is 0 Å². The normalized spacial score (nSPS) is 11.7. The minimum Gasteiger partial charge on any atom is -0.435 e. The second kappa shape index (κ2) is 3.89. The number of hydrogen-bond acceptors (Lipinski definition) is 3. The maximum Gasteiger partial charge on any atom is 0.387 e. The van der Waals surface area contributed by atoms with E-state index in [1.807, 2.05) is 0 Å². The van der Waals surface area contributed by atoms with Gasteiger partial charge >= 0.3 is 6.61 Å². The molecule has 0 aliphatic carbocycles. The van der Waals surface area contributed by atoms with Crippen LogP contribution in [0.1, 0.15) is 0 Å². The molecule has 0 fully saturated rings. The number of halogens is 2. The third kappa shape index (κ3) is 2.93. The summed E-state index contributed by atoms with van der Waals surface area (Å²) in [6.07, 6.45) is 0. The van der Waals surface area contributed by atoms with Crippen LogP contribution in [0.15, 0.2) is 29.2 Å². The van der Waals surface area contributed by atoms with Crippen LogP contribution < -0.4 is 4.74 Å². The lowest BCUT2D eigenvalue weighted by atomic mass is 10.3. The molecule has 0 radical (unpaired) electrons. The quantitative estimate of drug-likeness (QED) is 0.791. The molecule has 0 amide bonds. The van der Waals surface area contributed by atoms with Crippen molar-refractivity contribution in [2.75, 3.05) is 0 Å². The van der Waals surface area contributed by atoms with Gasteiger partial charge in [0.1, 0.15) is 5.75 Å². The van der Waals surface area contributed by atoms with Gasteiger partial charge in [-0.15, -0.1) is 0 Å². The van der Waals surface area contributed by atoms with E-state index in [9.17, 15) is 17.2 Å². The summed E-state index contributed by atoms with van der Waals surface area (Å²) in [5.74, 6) is -0.324. The molecule has 7 heteroatoms. The van der Waals surface area contributed by atoms with E-state index in [1.165, 1.54) is 6.07 Å². The third-order valence-electron chi connectivity index (χ3n) is 1.33. The zero-order chi connectivity index (χ0) is 10.8. The average Bonchev–Trinajstić information content (AvgIpc) is 2.01. The lowest BCUT2D eigenvalue weighted by Gasteiger charge is -2.04. The summed E-state index contributed by atoms with van der Waals surface area (Å²) in [5, 5.41) is 0. The standard InChI is InChI=1S/C7H6F2O4S/c8-7(9)13-5-2-1-3-6(4-5)14(10,11)12/h1-4,7H,(H,10,11,12). The smallest absolute Gasteiger partial charge is 0.387 e. The van der Waals surface area contributed by atoms with Gasteiger partial charge in [-0.1, -0.05) is 6.07 Å². The number of ether oxygens (including phenoxy) is 1. The molecule has 0 aliphatic heterocycles. The van der Waals surface area contributed by atoms with Crippen molar-refractivity contribution in [1.29, 1.82) is 0 Å². The van der Waals surface area contributed by atoms with Gasteiger partial charge in [-0.05, 0) is 12.1 Å². The fourth-order valence-corrected chi connectivity index (χ4v) is 1.33. The van der Waals surface area contributed by atoms with Gasteiger partial charge in [-0.3, -0.25) is 4.55 Å². The van der Waals surface area contributed by atoms with Gasteiger partial charge in [0, 0.05) is 6.07 Å². The molecular formula is C7H6F2O4S. The van der Waals surface area contributed by atoms with Crippen LogP contribution in [0.4, 0.5) is 8.78 Å². The highest BCUT2D eigenvalue weighted by molar-refractivity contribution is 7.85. The van der Waals surface area contributed by atoms with Gasteiger partial charge in [-0.25, -0.2) is 0 Å². The number of benzene rings is 1. The largest absolute Gasteiger partial charge is 0.435 e. The predicted molar refractivity (Wildman–Crippen MR) is 42.9 cm³/mol. The summed E-state index contributed by atoms with van der Waals surface area (Å²) in [7, 11) is -4.39. The van der Waals surface area contributed by atoms with Crippen LogP contribution in [-0.2, 0) is 10.1 Å². The predicted octanol–water partition coefficient (Wildman–Crippen LogP) is 1.53. The van der Waals surface area contributed by atoms with Crippen molar-refractivity contribution in [1.82, 2.24) is 0 Å². The topological polar surface area (TPSA) is 63.6 Å². The highest BCUT2D eigenvalue weighted by Gasteiger charge is 2.11. The molecule has 1 rings (SSSR count). The highest BCUT2D eigenvalue weighted by Crippen LogP contribution is 2.18. The van der Waals surface area contributed by atoms with Gasteiger partial charge in [0.05, 0.1) is 4.90 Å².